The van der Waals surface area contributed by atoms with Crippen LogP contribution in [-0.4, -0.2) is 26.8 Å². The molecule has 0 unspecified atom stereocenters. The maximum Gasteiger partial charge on any atom is 0.335 e. The molecule has 1 aliphatic rings. The number of para-hydroxylation sites is 2. The van der Waals surface area contributed by atoms with E-state index >= 15 is 0 Å². The lowest BCUT2D eigenvalue weighted by atomic mass is 10.1. The largest absolute Gasteiger partial charge is 0.478 e. The highest BCUT2D eigenvalue weighted by Crippen LogP contribution is 2.36. The molecule has 1 aromatic heterocycles. The van der Waals surface area contributed by atoms with Crippen LogP contribution in [0.4, 0.5) is 17.2 Å². The smallest absolute Gasteiger partial charge is 0.335 e. The summed E-state index contributed by atoms with van der Waals surface area (Å²) in [5, 5.41) is 16.6. The van der Waals surface area contributed by atoms with Gasteiger partial charge in [-0.05, 0) is 36.4 Å². The third-order valence-electron chi connectivity index (χ3n) is 4.41. The lowest BCUT2D eigenvalue weighted by Gasteiger charge is -2.22. The van der Waals surface area contributed by atoms with Crippen molar-refractivity contribution >= 4 is 29.1 Å². The number of benzene rings is 2. The number of carbonyl (C=O) groups is 2. The molecular formula is C19H16N4O3. The fraction of sp³-hybridized carbons (Fsp3) is 0.105. The summed E-state index contributed by atoms with van der Waals surface area (Å²) >= 11 is 0. The van der Waals surface area contributed by atoms with E-state index in [2.05, 4.69) is 10.4 Å². The van der Waals surface area contributed by atoms with E-state index in [0.717, 1.165) is 22.8 Å². The van der Waals surface area contributed by atoms with Crippen LogP contribution in [0.2, 0.25) is 0 Å². The number of aromatic carboxylic acids is 1. The van der Waals surface area contributed by atoms with Gasteiger partial charge in [-0.1, -0.05) is 12.1 Å². The van der Waals surface area contributed by atoms with Crippen LogP contribution in [0.3, 0.4) is 0 Å². The lowest BCUT2D eigenvalue weighted by molar-refractivity contribution is 0.0696. The summed E-state index contributed by atoms with van der Waals surface area (Å²) in [6.07, 6.45) is 1.74. The van der Waals surface area contributed by atoms with Crippen LogP contribution in [-0.2, 0) is 13.6 Å². The molecule has 130 valence electrons. The first kappa shape index (κ1) is 15.9. The Labute approximate surface area is 149 Å². The minimum absolute atomic E-state index is 0.147. The summed E-state index contributed by atoms with van der Waals surface area (Å²) in [6.45, 7) is 0.368. The number of anilines is 3. The third-order valence-corrected chi connectivity index (χ3v) is 4.41. The molecule has 0 saturated carbocycles. The molecule has 2 aromatic carbocycles. The number of carboxylic acids is 1. The van der Waals surface area contributed by atoms with Gasteiger partial charge in [0.25, 0.3) is 5.91 Å². The summed E-state index contributed by atoms with van der Waals surface area (Å²) in [6, 6.07) is 13.5. The van der Waals surface area contributed by atoms with Gasteiger partial charge >= 0.3 is 5.97 Å². The molecule has 0 fully saturated rings. The third kappa shape index (κ3) is 2.59. The highest BCUT2D eigenvalue weighted by atomic mass is 16.4. The van der Waals surface area contributed by atoms with Crippen LogP contribution in [0.25, 0.3) is 0 Å². The zero-order valence-electron chi connectivity index (χ0n) is 14.0. The maximum atomic E-state index is 13.1. The number of aryl methyl sites for hydroxylation is 1. The number of nitrogens with zero attached hydrogens (tertiary/aromatic N) is 3. The van der Waals surface area contributed by atoms with Crippen molar-refractivity contribution in [2.24, 2.45) is 7.05 Å². The van der Waals surface area contributed by atoms with Gasteiger partial charge < -0.3 is 15.3 Å². The zero-order valence-corrected chi connectivity index (χ0v) is 14.0. The number of carbonyl (C=O) groups excluding carboxylic acids is 1. The molecule has 4 rings (SSSR count). The number of amides is 1. The number of nitrogens with one attached hydrogen (secondary N) is 1. The number of hydrogen-bond acceptors (Lipinski definition) is 4. The van der Waals surface area contributed by atoms with Crippen molar-refractivity contribution in [1.29, 1.82) is 0 Å². The minimum Gasteiger partial charge on any atom is -0.478 e. The van der Waals surface area contributed by atoms with E-state index in [-0.39, 0.29) is 11.5 Å². The van der Waals surface area contributed by atoms with Crippen LogP contribution in [0.1, 0.15) is 26.3 Å². The van der Waals surface area contributed by atoms with Crippen LogP contribution < -0.4 is 10.2 Å². The Kier molecular flexibility index (Phi) is 3.69. The Morgan fingerprint density at radius 1 is 1.08 bits per heavy atom. The molecule has 0 atom stereocenters. The molecule has 7 nitrogen and oxygen atoms in total. The van der Waals surface area contributed by atoms with Gasteiger partial charge in [-0.25, -0.2) is 4.79 Å². The average Bonchev–Trinajstić information content (AvgIpc) is 2.90. The number of rotatable bonds is 2. The van der Waals surface area contributed by atoms with E-state index in [1.54, 1.807) is 15.8 Å². The Balaban J connectivity index is 1.77. The molecule has 0 saturated heterocycles. The summed E-state index contributed by atoms with van der Waals surface area (Å²) < 4.78 is 1.74. The van der Waals surface area contributed by atoms with Crippen molar-refractivity contribution in [3.8, 4) is 0 Å². The predicted octanol–water partition coefficient (Wildman–Crippen LogP) is 3.02. The molecule has 1 amide bonds. The fourth-order valence-electron chi connectivity index (χ4n) is 3.05. The number of carboxylic acid groups (broad SMARTS) is 1. The monoisotopic (exact) mass is 348 g/mol. The highest BCUT2D eigenvalue weighted by Gasteiger charge is 2.26. The van der Waals surface area contributed by atoms with Crippen molar-refractivity contribution in [2.75, 3.05) is 10.2 Å². The van der Waals surface area contributed by atoms with Crippen molar-refractivity contribution in [3.05, 3.63) is 71.4 Å². The van der Waals surface area contributed by atoms with E-state index in [4.69, 9.17) is 5.11 Å². The van der Waals surface area contributed by atoms with Gasteiger partial charge in [0, 0.05) is 18.2 Å². The van der Waals surface area contributed by atoms with Gasteiger partial charge in [-0.2, -0.15) is 5.10 Å². The van der Waals surface area contributed by atoms with Crippen molar-refractivity contribution in [3.63, 3.8) is 0 Å². The second-order valence-corrected chi connectivity index (χ2v) is 6.06. The van der Waals surface area contributed by atoms with Gasteiger partial charge in [-0.15, -0.1) is 0 Å². The molecule has 26 heavy (non-hydrogen) atoms. The minimum atomic E-state index is -1.02. The second-order valence-electron chi connectivity index (χ2n) is 6.06. The van der Waals surface area contributed by atoms with E-state index in [9.17, 15) is 9.59 Å². The van der Waals surface area contributed by atoms with E-state index < -0.39 is 5.97 Å². The van der Waals surface area contributed by atoms with Crippen LogP contribution in [0, 0.1) is 0 Å². The molecule has 0 aliphatic carbocycles. The highest BCUT2D eigenvalue weighted by molar-refractivity contribution is 6.08. The van der Waals surface area contributed by atoms with Gasteiger partial charge in [0.1, 0.15) is 5.82 Å². The molecule has 0 bridgehead atoms. The summed E-state index contributed by atoms with van der Waals surface area (Å²) in [7, 11) is 1.84. The maximum absolute atomic E-state index is 13.1. The molecule has 7 heteroatoms. The van der Waals surface area contributed by atoms with Gasteiger partial charge in [0.2, 0.25) is 0 Å². The average molecular weight is 348 g/mol. The van der Waals surface area contributed by atoms with Gasteiger partial charge in [-0.3, -0.25) is 9.48 Å². The topological polar surface area (TPSA) is 87.5 Å². The number of fused-ring (bicyclic) bond motifs is 2. The van der Waals surface area contributed by atoms with E-state index in [1.165, 1.54) is 24.3 Å². The quantitative estimate of drug-likeness (QED) is 0.743. The van der Waals surface area contributed by atoms with Gasteiger partial charge in [0.05, 0.1) is 29.7 Å². The Morgan fingerprint density at radius 2 is 1.77 bits per heavy atom. The predicted molar refractivity (Wildman–Crippen MR) is 96.8 cm³/mol. The first-order valence-corrected chi connectivity index (χ1v) is 8.07. The molecule has 0 radical (unpaired) electrons. The second kappa shape index (κ2) is 6.03. The summed E-state index contributed by atoms with van der Waals surface area (Å²) in [5.74, 6) is -0.379. The Bertz CT molecular complexity index is 1010. The standard InChI is InChI=1S/C19H16N4O3/c1-22-17-14(10-20-22)11-23(16-5-3-2-4-15(16)21-17)18(24)12-6-8-13(9-7-12)19(25)26/h2-10,21H,11H2,1H3,(H,25,26). The van der Waals surface area contributed by atoms with Crippen molar-refractivity contribution in [2.45, 2.75) is 6.54 Å². The lowest BCUT2D eigenvalue weighted by Crippen LogP contribution is -2.30. The molecule has 3 aromatic rings. The Morgan fingerprint density at radius 3 is 2.50 bits per heavy atom. The Hall–Kier alpha value is -3.61. The number of hydrogen-bond donors (Lipinski definition) is 2. The van der Waals surface area contributed by atoms with Crippen molar-refractivity contribution in [1.82, 2.24) is 9.78 Å². The molecule has 0 spiro atoms. The molecular weight excluding hydrogens is 332 g/mol. The van der Waals surface area contributed by atoms with E-state index in [0.29, 0.717) is 12.1 Å². The molecule has 1 aliphatic heterocycles. The van der Waals surface area contributed by atoms with Crippen LogP contribution >= 0.6 is 0 Å². The van der Waals surface area contributed by atoms with Gasteiger partial charge in [0.15, 0.2) is 0 Å². The first-order chi connectivity index (χ1) is 12.5. The first-order valence-electron chi connectivity index (χ1n) is 8.07. The zero-order chi connectivity index (χ0) is 18.3. The number of aromatic nitrogens is 2. The molecule has 2 N–H and O–H groups in total. The van der Waals surface area contributed by atoms with Crippen LogP contribution in [0.15, 0.2) is 54.7 Å². The summed E-state index contributed by atoms with van der Waals surface area (Å²) in [4.78, 5) is 25.8. The van der Waals surface area contributed by atoms with Crippen molar-refractivity contribution < 1.29 is 14.7 Å². The normalized spacial score (nSPS) is 12.6. The fourth-order valence-corrected chi connectivity index (χ4v) is 3.05. The SMILES string of the molecule is Cn1ncc2c1Nc1ccccc1N(C(=O)c1ccc(C(=O)O)cc1)C2. The van der Waals surface area contributed by atoms with Crippen LogP contribution in [0.5, 0.6) is 0 Å². The summed E-state index contributed by atoms with van der Waals surface area (Å²) in [5.41, 5.74) is 3.05. The van der Waals surface area contributed by atoms with E-state index in [1.807, 2.05) is 31.3 Å². The molecule has 2 heterocycles.